The number of benzene rings is 2. The monoisotopic (exact) mass is 433 g/mol. The van der Waals surface area contributed by atoms with E-state index in [1.807, 2.05) is 6.07 Å². The Morgan fingerprint density at radius 2 is 1.84 bits per heavy atom. The summed E-state index contributed by atoms with van der Waals surface area (Å²) in [6, 6.07) is 9.83. The van der Waals surface area contributed by atoms with E-state index in [0.29, 0.717) is 48.7 Å². The number of rotatable bonds is 5. The van der Waals surface area contributed by atoms with Gasteiger partial charge in [-0.05, 0) is 43.2 Å². The average Bonchev–Trinajstić information content (AvgIpc) is 2.78. The van der Waals surface area contributed by atoms with E-state index in [-0.39, 0.29) is 17.5 Å². The Hall–Kier alpha value is -3.41. The molecule has 31 heavy (non-hydrogen) atoms. The first-order chi connectivity index (χ1) is 14.8. The molecule has 0 radical (unpaired) electrons. The minimum atomic E-state index is -4.50. The van der Waals surface area contributed by atoms with Gasteiger partial charge in [-0.1, -0.05) is 0 Å². The number of nitriles is 1. The number of carbonyl (C=O) groups excluding carboxylic acids is 1. The molecule has 0 bridgehead atoms. The number of nitrogens with zero attached hydrogens (tertiary/aromatic N) is 2. The minimum absolute atomic E-state index is 0.0590. The summed E-state index contributed by atoms with van der Waals surface area (Å²) in [5.41, 5.74) is -0.124. The maximum Gasteiger partial charge on any atom is 0.416 e. The fourth-order valence-electron chi connectivity index (χ4n) is 3.53. The fraction of sp³-hybridized carbons (Fsp3) is 0.364. The van der Waals surface area contributed by atoms with Crippen LogP contribution >= 0.6 is 0 Å². The summed E-state index contributed by atoms with van der Waals surface area (Å²) in [6.45, 7) is 0.933. The van der Waals surface area contributed by atoms with Crippen LogP contribution in [0.5, 0.6) is 11.5 Å². The van der Waals surface area contributed by atoms with Gasteiger partial charge in [0.2, 0.25) is 0 Å². The molecule has 2 aromatic carbocycles. The largest absolute Gasteiger partial charge is 0.497 e. The van der Waals surface area contributed by atoms with Gasteiger partial charge in [0.25, 0.3) is 5.91 Å². The molecule has 0 atom stereocenters. The zero-order valence-corrected chi connectivity index (χ0v) is 17.1. The first-order valence-corrected chi connectivity index (χ1v) is 9.66. The molecule has 0 spiro atoms. The molecule has 164 valence electrons. The molecule has 1 fully saturated rings. The van der Waals surface area contributed by atoms with Crippen LogP contribution in [0.4, 0.5) is 18.9 Å². The second-order valence-corrected chi connectivity index (χ2v) is 7.15. The van der Waals surface area contributed by atoms with E-state index in [0.717, 1.165) is 12.1 Å². The molecule has 0 saturated carbocycles. The van der Waals surface area contributed by atoms with Gasteiger partial charge < -0.3 is 19.7 Å². The highest BCUT2D eigenvalue weighted by molar-refractivity contribution is 5.97. The normalized spacial score (nSPS) is 14.6. The number of hydrogen-bond donors (Lipinski definition) is 1. The van der Waals surface area contributed by atoms with Crippen molar-refractivity contribution in [2.24, 2.45) is 0 Å². The molecule has 1 aliphatic rings. The van der Waals surface area contributed by atoms with Crippen molar-refractivity contribution in [3.05, 3.63) is 53.1 Å². The second kappa shape index (κ2) is 9.16. The van der Waals surface area contributed by atoms with Gasteiger partial charge in [-0.2, -0.15) is 18.4 Å². The summed E-state index contributed by atoms with van der Waals surface area (Å²) in [4.78, 5) is 14.6. The van der Waals surface area contributed by atoms with Crippen LogP contribution in [0, 0.1) is 11.3 Å². The molecular formula is C22H22F3N3O3. The number of halogens is 3. The first-order valence-electron chi connectivity index (χ1n) is 9.66. The van der Waals surface area contributed by atoms with Crippen LogP contribution < -0.4 is 14.8 Å². The van der Waals surface area contributed by atoms with Gasteiger partial charge in [-0.3, -0.25) is 4.79 Å². The highest BCUT2D eigenvalue weighted by atomic mass is 19.4. The number of carbonyl (C=O) groups is 1. The van der Waals surface area contributed by atoms with Crippen LogP contribution in [0.2, 0.25) is 0 Å². The maximum atomic E-state index is 12.9. The number of anilines is 1. The van der Waals surface area contributed by atoms with E-state index in [4.69, 9.17) is 9.47 Å². The zero-order chi connectivity index (χ0) is 22.6. The van der Waals surface area contributed by atoms with Crippen molar-refractivity contribution in [2.75, 3.05) is 32.6 Å². The third-order valence-corrected chi connectivity index (χ3v) is 5.25. The van der Waals surface area contributed by atoms with Crippen LogP contribution in [0.25, 0.3) is 0 Å². The Balaban J connectivity index is 1.65. The molecule has 1 saturated heterocycles. The SMILES string of the molecule is COc1ccc(C(=O)N2CCC(Nc3ccc(C(F)(F)F)cc3C#N)CC2)c(OC)c1. The Bertz CT molecular complexity index is 994. The Kier molecular flexibility index (Phi) is 6.59. The lowest BCUT2D eigenvalue weighted by Gasteiger charge is -2.33. The number of likely N-dealkylation sites (tertiary alicyclic amines) is 1. The molecule has 9 heteroatoms. The van der Waals surface area contributed by atoms with Crippen molar-refractivity contribution in [3.63, 3.8) is 0 Å². The number of ether oxygens (including phenoxy) is 2. The number of nitrogens with one attached hydrogen (secondary N) is 1. The van der Waals surface area contributed by atoms with E-state index in [1.165, 1.54) is 20.3 Å². The first kappa shape index (κ1) is 22.3. The summed E-state index contributed by atoms with van der Waals surface area (Å²) in [6.07, 6.45) is -3.31. The van der Waals surface area contributed by atoms with Crippen molar-refractivity contribution in [1.82, 2.24) is 4.90 Å². The number of amides is 1. The standard InChI is InChI=1S/C22H22F3N3O3/c1-30-17-4-5-18(20(12-17)31-2)21(29)28-9-7-16(8-10-28)27-19-6-3-15(22(23,24)25)11-14(19)13-26/h3-6,11-12,16,27H,7-10H2,1-2H3. The molecule has 3 rings (SSSR count). The van der Waals surface area contributed by atoms with E-state index in [2.05, 4.69) is 5.32 Å². The third-order valence-electron chi connectivity index (χ3n) is 5.25. The topological polar surface area (TPSA) is 74.6 Å². The average molecular weight is 433 g/mol. The Morgan fingerprint density at radius 1 is 1.13 bits per heavy atom. The third kappa shape index (κ3) is 5.02. The molecule has 1 aliphatic heterocycles. The molecule has 2 aromatic rings. The van der Waals surface area contributed by atoms with Crippen molar-refractivity contribution in [3.8, 4) is 17.6 Å². The number of piperidine rings is 1. The van der Waals surface area contributed by atoms with Gasteiger partial charge in [0.15, 0.2) is 0 Å². The minimum Gasteiger partial charge on any atom is -0.497 e. The van der Waals surface area contributed by atoms with Gasteiger partial charge in [0.1, 0.15) is 17.6 Å². The molecular weight excluding hydrogens is 411 g/mol. The summed E-state index contributed by atoms with van der Waals surface area (Å²) >= 11 is 0. The second-order valence-electron chi connectivity index (χ2n) is 7.15. The van der Waals surface area contributed by atoms with Gasteiger partial charge in [0, 0.05) is 25.2 Å². The Morgan fingerprint density at radius 3 is 2.42 bits per heavy atom. The van der Waals surface area contributed by atoms with Crippen molar-refractivity contribution in [2.45, 2.75) is 25.1 Å². The van der Waals surface area contributed by atoms with Gasteiger partial charge in [-0.25, -0.2) is 0 Å². The van der Waals surface area contributed by atoms with Crippen LogP contribution in [-0.2, 0) is 6.18 Å². The van der Waals surface area contributed by atoms with Crippen LogP contribution in [0.3, 0.4) is 0 Å². The van der Waals surface area contributed by atoms with Crippen LogP contribution in [0.1, 0.15) is 34.3 Å². The molecule has 0 aliphatic carbocycles. The highest BCUT2D eigenvalue weighted by Gasteiger charge is 2.31. The lowest BCUT2D eigenvalue weighted by molar-refractivity contribution is -0.137. The van der Waals surface area contributed by atoms with Crippen molar-refractivity contribution >= 4 is 11.6 Å². The predicted octanol–water partition coefficient (Wildman–Crippen LogP) is 4.31. The zero-order valence-electron chi connectivity index (χ0n) is 17.1. The summed E-state index contributed by atoms with van der Waals surface area (Å²) in [5, 5.41) is 12.4. The summed E-state index contributed by atoms with van der Waals surface area (Å²) < 4.78 is 49.1. The number of methoxy groups -OCH3 is 2. The lowest BCUT2D eigenvalue weighted by atomic mass is 10.0. The molecule has 1 N–H and O–H groups in total. The van der Waals surface area contributed by atoms with E-state index < -0.39 is 11.7 Å². The van der Waals surface area contributed by atoms with Gasteiger partial charge in [-0.15, -0.1) is 0 Å². The highest BCUT2D eigenvalue weighted by Crippen LogP contribution is 2.32. The quantitative estimate of drug-likeness (QED) is 0.761. The molecule has 1 amide bonds. The summed E-state index contributed by atoms with van der Waals surface area (Å²) in [5.74, 6) is 0.847. The molecule has 6 nitrogen and oxygen atoms in total. The maximum absolute atomic E-state index is 12.9. The van der Waals surface area contributed by atoms with Crippen LogP contribution in [-0.4, -0.2) is 44.2 Å². The smallest absolute Gasteiger partial charge is 0.416 e. The van der Waals surface area contributed by atoms with Crippen molar-refractivity contribution < 1.29 is 27.4 Å². The van der Waals surface area contributed by atoms with Crippen LogP contribution in [0.15, 0.2) is 36.4 Å². The fourth-order valence-corrected chi connectivity index (χ4v) is 3.53. The van der Waals surface area contributed by atoms with Gasteiger partial charge >= 0.3 is 6.18 Å². The lowest BCUT2D eigenvalue weighted by Crippen LogP contribution is -2.42. The predicted molar refractivity (Wildman–Crippen MR) is 108 cm³/mol. The molecule has 1 heterocycles. The van der Waals surface area contributed by atoms with E-state index in [9.17, 15) is 23.2 Å². The molecule has 0 unspecified atom stereocenters. The Labute approximate surface area is 178 Å². The van der Waals surface area contributed by atoms with Crippen molar-refractivity contribution in [1.29, 1.82) is 5.26 Å². The number of hydrogen-bond acceptors (Lipinski definition) is 5. The number of alkyl halides is 3. The van der Waals surface area contributed by atoms with Gasteiger partial charge in [0.05, 0.1) is 36.6 Å². The van der Waals surface area contributed by atoms with E-state index in [1.54, 1.807) is 23.1 Å². The van der Waals surface area contributed by atoms with E-state index >= 15 is 0 Å². The molecule has 0 aromatic heterocycles. The summed E-state index contributed by atoms with van der Waals surface area (Å²) in [7, 11) is 3.01.